The zero-order valence-corrected chi connectivity index (χ0v) is 13.9. The molecule has 2 heterocycles. The normalized spacial score (nSPS) is 20.9. The van der Waals surface area contributed by atoms with Crippen molar-refractivity contribution < 1.29 is 13.9 Å². The van der Waals surface area contributed by atoms with Crippen LogP contribution >= 0.6 is 0 Å². The fourth-order valence-corrected chi connectivity index (χ4v) is 3.43. The van der Waals surface area contributed by atoms with E-state index < -0.39 is 0 Å². The molecule has 0 aromatic heterocycles. The first-order chi connectivity index (χ1) is 11.4. The number of esters is 1. The quantitative estimate of drug-likeness (QED) is 0.737. The summed E-state index contributed by atoms with van der Waals surface area (Å²) in [6.45, 7) is 6.50. The number of benzene rings is 2. The molecule has 4 rings (SSSR count). The van der Waals surface area contributed by atoms with Crippen molar-refractivity contribution in [2.75, 3.05) is 0 Å². The number of ether oxygens (including phenoxy) is 1. The number of hydrogen-bond donors (Lipinski definition) is 0. The van der Waals surface area contributed by atoms with Gasteiger partial charge in [0.15, 0.2) is 0 Å². The smallest absolute Gasteiger partial charge is 0.338 e. The molecule has 24 heavy (non-hydrogen) atoms. The van der Waals surface area contributed by atoms with Gasteiger partial charge in [0.25, 0.3) is 0 Å². The van der Waals surface area contributed by atoms with Crippen LogP contribution in [0.1, 0.15) is 59.3 Å². The first-order valence-electron chi connectivity index (χ1n) is 8.07. The highest BCUT2D eigenvalue weighted by Crippen LogP contribution is 2.39. The minimum absolute atomic E-state index is 0.117. The minimum atomic E-state index is -0.332. The summed E-state index contributed by atoms with van der Waals surface area (Å²) >= 11 is 0. The maximum Gasteiger partial charge on any atom is 0.338 e. The molecule has 122 valence electrons. The Hall–Kier alpha value is -2.49. The highest BCUT2D eigenvalue weighted by Gasteiger charge is 2.35. The maximum atomic E-state index is 13.8. The van der Waals surface area contributed by atoms with Crippen LogP contribution in [0.25, 0.3) is 0 Å². The summed E-state index contributed by atoms with van der Waals surface area (Å²) in [6, 6.07) is 10.5. The van der Waals surface area contributed by atoms with E-state index in [4.69, 9.17) is 9.73 Å². The Bertz CT molecular complexity index is 899. The fourth-order valence-electron chi connectivity index (χ4n) is 3.43. The van der Waals surface area contributed by atoms with Crippen molar-refractivity contribution >= 4 is 11.7 Å². The van der Waals surface area contributed by atoms with Gasteiger partial charge >= 0.3 is 5.97 Å². The number of rotatable bonds is 1. The Morgan fingerprint density at radius 3 is 2.71 bits per heavy atom. The minimum Gasteiger partial charge on any atom is -0.457 e. The van der Waals surface area contributed by atoms with Crippen LogP contribution in [0.4, 0.5) is 4.39 Å². The molecular weight excluding hydrogens is 305 g/mol. The van der Waals surface area contributed by atoms with E-state index in [0.717, 1.165) is 28.0 Å². The van der Waals surface area contributed by atoms with Gasteiger partial charge in [-0.25, -0.2) is 9.18 Å². The maximum absolute atomic E-state index is 13.8. The summed E-state index contributed by atoms with van der Waals surface area (Å²) in [5.74, 6) is -0.393. The molecule has 2 aliphatic heterocycles. The van der Waals surface area contributed by atoms with Gasteiger partial charge in [-0.1, -0.05) is 13.0 Å². The molecule has 2 aromatic rings. The summed E-state index contributed by atoms with van der Waals surface area (Å²) in [7, 11) is 0. The monoisotopic (exact) mass is 323 g/mol. The van der Waals surface area contributed by atoms with Crippen LogP contribution in [0.15, 0.2) is 41.4 Å². The van der Waals surface area contributed by atoms with Gasteiger partial charge in [0.05, 0.1) is 16.8 Å². The lowest BCUT2D eigenvalue weighted by atomic mass is 9.76. The van der Waals surface area contributed by atoms with Gasteiger partial charge in [0, 0.05) is 22.6 Å². The molecule has 0 N–H and O–H groups in total. The van der Waals surface area contributed by atoms with E-state index in [1.165, 1.54) is 6.07 Å². The van der Waals surface area contributed by atoms with Crippen molar-refractivity contribution in [3.63, 3.8) is 0 Å². The average molecular weight is 323 g/mol. The van der Waals surface area contributed by atoms with Gasteiger partial charge in [-0.3, -0.25) is 4.99 Å². The predicted molar refractivity (Wildman–Crippen MR) is 90.1 cm³/mol. The van der Waals surface area contributed by atoms with Gasteiger partial charge in [-0.2, -0.15) is 0 Å². The van der Waals surface area contributed by atoms with Crippen molar-refractivity contribution in [1.29, 1.82) is 0 Å². The van der Waals surface area contributed by atoms with Crippen LogP contribution < -0.4 is 0 Å². The van der Waals surface area contributed by atoms with E-state index in [2.05, 4.69) is 20.8 Å². The Morgan fingerprint density at radius 1 is 1.17 bits per heavy atom. The average Bonchev–Trinajstić information content (AvgIpc) is 2.92. The van der Waals surface area contributed by atoms with Crippen LogP contribution in [0.3, 0.4) is 0 Å². The van der Waals surface area contributed by atoms with Crippen molar-refractivity contribution in [3.05, 3.63) is 70.0 Å². The molecule has 0 fully saturated rings. The molecule has 0 radical (unpaired) electrons. The van der Waals surface area contributed by atoms with E-state index in [9.17, 15) is 9.18 Å². The summed E-state index contributed by atoms with van der Waals surface area (Å²) in [6.07, 6.45) is 0. The molecule has 0 saturated carbocycles. The van der Waals surface area contributed by atoms with E-state index in [1.807, 2.05) is 12.1 Å². The van der Waals surface area contributed by atoms with E-state index in [0.29, 0.717) is 12.2 Å². The predicted octanol–water partition coefficient (Wildman–Crippen LogP) is 4.23. The number of halogens is 1. The second kappa shape index (κ2) is 5.00. The molecule has 1 unspecified atom stereocenters. The topological polar surface area (TPSA) is 38.7 Å². The van der Waals surface area contributed by atoms with Crippen LogP contribution in [0, 0.1) is 5.82 Å². The molecule has 2 aliphatic rings. The van der Waals surface area contributed by atoms with E-state index >= 15 is 0 Å². The highest BCUT2D eigenvalue weighted by molar-refractivity contribution is 6.15. The third kappa shape index (κ3) is 2.17. The Morgan fingerprint density at radius 2 is 1.92 bits per heavy atom. The zero-order chi connectivity index (χ0) is 17.1. The largest absolute Gasteiger partial charge is 0.457 e. The van der Waals surface area contributed by atoms with Gasteiger partial charge in [0.2, 0.25) is 0 Å². The number of hydrogen-bond acceptors (Lipinski definition) is 3. The lowest BCUT2D eigenvalue weighted by Crippen LogP contribution is -2.33. The first-order valence-corrected chi connectivity index (χ1v) is 8.07. The molecule has 0 aliphatic carbocycles. The summed E-state index contributed by atoms with van der Waals surface area (Å²) in [5, 5.41) is 0. The van der Waals surface area contributed by atoms with Crippen molar-refractivity contribution in [3.8, 4) is 0 Å². The Kier molecular flexibility index (Phi) is 3.14. The third-order valence-electron chi connectivity index (χ3n) is 5.15. The molecule has 0 spiro atoms. The molecular formula is C20H18FNO2. The summed E-state index contributed by atoms with van der Waals surface area (Å²) in [4.78, 5) is 16.6. The lowest BCUT2D eigenvalue weighted by Gasteiger charge is -2.35. The molecule has 0 bridgehead atoms. The standard InChI is InChI=1S/C20H18FNO2/c1-11-17-9-14(21)5-7-16(17)18(22-20(11,2)3)12-4-6-15-13(8-12)10-24-19(15)23/h4-9,11H,10H2,1-3H3. The number of aliphatic imine (C=N–C) groups is 1. The van der Waals surface area contributed by atoms with Gasteiger partial charge < -0.3 is 4.74 Å². The number of fused-ring (bicyclic) bond motifs is 2. The Balaban J connectivity index is 1.90. The second-order valence-electron chi connectivity index (χ2n) is 7.02. The highest BCUT2D eigenvalue weighted by atomic mass is 19.1. The van der Waals surface area contributed by atoms with Crippen LogP contribution in [0.5, 0.6) is 0 Å². The van der Waals surface area contributed by atoms with Crippen LogP contribution in [-0.2, 0) is 11.3 Å². The summed E-state index contributed by atoms with van der Waals surface area (Å²) < 4.78 is 18.9. The van der Waals surface area contributed by atoms with E-state index in [-0.39, 0.29) is 23.2 Å². The third-order valence-corrected chi connectivity index (χ3v) is 5.15. The van der Waals surface area contributed by atoms with Crippen molar-refractivity contribution in [1.82, 2.24) is 0 Å². The number of carbonyl (C=O) groups is 1. The summed E-state index contributed by atoms with van der Waals surface area (Å²) in [5.41, 5.74) is 4.85. The fraction of sp³-hybridized carbons (Fsp3) is 0.300. The first kappa shape index (κ1) is 15.1. The number of carbonyl (C=O) groups excluding carboxylic acids is 1. The zero-order valence-electron chi connectivity index (χ0n) is 13.9. The van der Waals surface area contributed by atoms with Crippen LogP contribution in [-0.4, -0.2) is 17.2 Å². The molecule has 3 nitrogen and oxygen atoms in total. The van der Waals surface area contributed by atoms with Gasteiger partial charge in [-0.15, -0.1) is 0 Å². The van der Waals surface area contributed by atoms with E-state index in [1.54, 1.807) is 18.2 Å². The molecule has 0 amide bonds. The SMILES string of the molecule is CC1c2cc(F)ccc2C(c2ccc3c(c2)COC3=O)=NC1(C)C. The number of nitrogens with zero attached hydrogens (tertiary/aromatic N) is 1. The number of cyclic esters (lactones) is 1. The second-order valence-corrected chi connectivity index (χ2v) is 7.02. The lowest BCUT2D eigenvalue weighted by molar-refractivity contribution is 0.0535. The van der Waals surface area contributed by atoms with Crippen LogP contribution in [0.2, 0.25) is 0 Å². The molecule has 4 heteroatoms. The van der Waals surface area contributed by atoms with Gasteiger partial charge in [-0.05, 0) is 49.7 Å². The molecule has 1 atom stereocenters. The Labute approximate surface area is 140 Å². The van der Waals surface area contributed by atoms with Gasteiger partial charge in [0.1, 0.15) is 12.4 Å². The molecule has 0 saturated heterocycles. The molecule has 2 aromatic carbocycles. The van der Waals surface area contributed by atoms with Crippen molar-refractivity contribution in [2.45, 2.75) is 38.8 Å². The van der Waals surface area contributed by atoms with Crippen molar-refractivity contribution in [2.24, 2.45) is 4.99 Å².